The highest BCUT2D eigenvalue weighted by Crippen LogP contribution is 2.67. The highest BCUT2D eigenvalue weighted by atomic mass is 16.5. The maximum absolute atomic E-state index is 12.3. The summed E-state index contributed by atoms with van der Waals surface area (Å²) in [5.74, 6) is 2.35. The topological polar surface area (TPSA) is 63.6 Å². The zero-order chi connectivity index (χ0) is 19.6. The fraction of sp³-hybridized carbons (Fsp3) is 0.913. The lowest BCUT2D eigenvalue weighted by molar-refractivity contribution is -0.191. The molecule has 4 aliphatic rings. The van der Waals surface area contributed by atoms with E-state index in [0.717, 1.165) is 44.9 Å². The van der Waals surface area contributed by atoms with Crippen LogP contribution >= 0.6 is 0 Å². The SMILES string of the molecule is CC(=O)O[C@H]1CC2C3CCC(C(C)=O)C3(C)CC[C@@H]2C2(C)CCC(O)CC12. The van der Waals surface area contributed by atoms with Crippen LogP contribution in [0, 0.1) is 40.4 Å². The molecule has 0 bridgehead atoms. The van der Waals surface area contributed by atoms with Crippen molar-refractivity contribution in [3.63, 3.8) is 0 Å². The van der Waals surface area contributed by atoms with E-state index in [9.17, 15) is 14.7 Å². The second-order valence-electron chi connectivity index (χ2n) is 10.6. The Labute approximate surface area is 163 Å². The minimum absolute atomic E-state index is 0.0811. The van der Waals surface area contributed by atoms with Gasteiger partial charge >= 0.3 is 5.97 Å². The number of ether oxygens (including phenoxy) is 1. The Balaban J connectivity index is 1.68. The van der Waals surface area contributed by atoms with Gasteiger partial charge in [-0.2, -0.15) is 0 Å². The molecule has 152 valence electrons. The molecule has 1 N–H and O–H groups in total. The first-order valence-electron chi connectivity index (χ1n) is 11.0. The third-order valence-electron chi connectivity index (χ3n) is 9.43. The number of fused-ring (bicyclic) bond motifs is 5. The second kappa shape index (κ2) is 6.57. The molecule has 0 aliphatic heterocycles. The number of Topliss-reactive ketones (excluding diaryl/α,β-unsaturated/α-hetero) is 1. The molecular weight excluding hydrogens is 340 g/mol. The predicted molar refractivity (Wildman–Crippen MR) is 103 cm³/mol. The molecule has 0 aromatic carbocycles. The Morgan fingerprint density at radius 2 is 1.56 bits per heavy atom. The third kappa shape index (κ3) is 2.89. The molecule has 0 radical (unpaired) electrons. The van der Waals surface area contributed by atoms with Gasteiger partial charge in [-0.15, -0.1) is 0 Å². The van der Waals surface area contributed by atoms with Gasteiger partial charge in [-0.1, -0.05) is 13.8 Å². The van der Waals surface area contributed by atoms with E-state index in [1.54, 1.807) is 6.92 Å². The molecule has 27 heavy (non-hydrogen) atoms. The van der Waals surface area contributed by atoms with Crippen LogP contribution in [0.25, 0.3) is 0 Å². The van der Waals surface area contributed by atoms with Crippen molar-refractivity contribution in [3.8, 4) is 0 Å². The number of aliphatic hydroxyl groups excluding tert-OH is 1. The average molecular weight is 377 g/mol. The van der Waals surface area contributed by atoms with Crippen LogP contribution in [0.3, 0.4) is 0 Å². The van der Waals surface area contributed by atoms with Crippen LogP contribution in [0.2, 0.25) is 0 Å². The van der Waals surface area contributed by atoms with E-state index in [1.807, 2.05) is 0 Å². The van der Waals surface area contributed by atoms with E-state index in [-0.39, 0.29) is 40.8 Å². The van der Waals surface area contributed by atoms with Crippen molar-refractivity contribution >= 4 is 11.8 Å². The van der Waals surface area contributed by atoms with Gasteiger partial charge in [0.1, 0.15) is 11.9 Å². The maximum Gasteiger partial charge on any atom is 0.302 e. The number of hydrogen-bond acceptors (Lipinski definition) is 4. The monoisotopic (exact) mass is 376 g/mol. The first-order chi connectivity index (χ1) is 12.7. The summed E-state index contributed by atoms with van der Waals surface area (Å²) in [5.41, 5.74) is 0.253. The number of rotatable bonds is 2. The summed E-state index contributed by atoms with van der Waals surface area (Å²) < 4.78 is 5.86. The van der Waals surface area contributed by atoms with Crippen molar-refractivity contribution in [1.82, 2.24) is 0 Å². The Morgan fingerprint density at radius 3 is 2.22 bits per heavy atom. The van der Waals surface area contributed by atoms with E-state index in [4.69, 9.17) is 4.74 Å². The summed E-state index contributed by atoms with van der Waals surface area (Å²) in [7, 11) is 0. The molecule has 4 fully saturated rings. The standard InChI is InChI=1S/C23H36O4/c1-13(24)17-5-6-18-16-12-21(27-14(2)25)20-11-15(26)7-9-23(20,4)19(16)8-10-22(17,18)3/h15-21,26H,5-12H2,1-4H3/t15?,16?,17?,18?,19-,20?,21-,22?,23?/m0/s1. The molecule has 0 saturated heterocycles. The molecule has 9 atom stereocenters. The number of carbonyl (C=O) groups is 2. The Hall–Kier alpha value is -0.900. The van der Waals surface area contributed by atoms with Crippen LogP contribution in [0.5, 0.6) is 0 Å². The summed E-state index contributed by atoms with van der Waals surface area (Å²) in [6, 6.07) is 0. The fourth-order valence-electron chi connectivity index (χ4n) is 8.26. The minimum atomic E-state index is -0.264. The van der Waals surface area contributed by atoms with E-state index >= 15 is 0 Å². The first-order valence-corrected chi connectivity index (χ1v) is 11.0. The first kappa shape index (κ1) is 19.4. The Morgan fingerprint density at radius 1 is 0.889 bits per heavy atom. The number of aliphatic hydroxyl groups is 1. The minimum Gasteiger partial charge on any atom is -0.462 e. The highest BCUT2D eigenvalue weighted by Gasteiger charge is 2.63. The van der Waals surface area contributed by atoms with Crippen molar-refractivity contribution < 1.29 is 19.4 Å². The quantitative estimate of drug-likeness (QED) is 0.736. The van der Waals surface area contributed by atoms with Crippen LogP contribution in [0.15, 0.2) is 0 Å². The van der Waals surface area contributed by atoms with Crippen LogP contribution in [0.4, 0.5) is 0 Å². The van der Waals surface area contributed by atoms with Gasteiger partial charge in [0.25, 0.3) is 0 Å². The zero-order valence-electron chi connectivity index (χ0n) is 17.4. The lowest BCUT2D eigenvalue weighted by Gasteiger charge is -2.62. The van der Waals surface area contributed by atoms with Crippen molar-refractivity contribution in [2.45, 2.75) is 91.3 Å². The number of carbonyl (C=O) groups excluding carboxylic acids is 2. The second-order valence-corrected chi connectivity index (χ2v) is 10.6. The van der Waals surface area contributed by atoms with Gasteiger partial charge in [0, 0.05) is 18.8 Å². The average Bonchev–Trinajstić information content (AvgIpc) is 2.93. The van der Waals surface area contributed by atoms with E-state index in [1.165, 1.54) is 13.3 Å². The molecule has 0 spiro atoms. The molecule has 4 rings (SSSR count). The lowest BCUT2D eigenvalue weighted by Crippen LogP contribution is -2.59. The van der Waals surface area contributed by atoms with Gasteiger partial charge in [0.05, 0.1) is 6.10 Å². The zero-order valence-corrected chi connectivity index (χ0v) is 17.4. The predicted octanol–water partition coefficient (Wildman–Crippen LogP) is 4.14. The van der Waals surface area contributed by atoms with Crippen LogP contribution in [0.1, 0.15) is 79.1 Å². The van der Waals surface area contributed by atoms with Gasteiger partial charge in [-0.25, -0.2) is 0 Å². The molecule has 0 heterocycles. The summed E-state index contributed by atoms with van der Waals surface area (Å²) in [6.45, 7) is 8.03. The summed E-state index contributed by atoms with van der Waals surface area (Å²) in [6.07, 6.45) is 7.71. The Kier molecular flexibility index (Phi) is 4.73. The normalized spacial score (nSPS) is 51.7. The van der Waals surface area contributed by atoms with Gasteiger partial charge in [-0.3, -0.25) is 9.59 Å². The molecule has 7 unspecified atom stereocenters. The molecule has 0 amide bonds. The highest BCUT2D eigenvalue weighted by molar-refractivity contribution is 5.79. The van der Waals surface area contributed by atoms with Gasteiger partial charge in [0.15, 0.2) is 0 Å². The lowest BCUT2D eigenvalue weighted by atomic mass is 9.44. The molecule has 4 saturated carbocycles. The van der Waals surface area contributed by atoms with Gasteiger partial charge in [0.2, 0.25) is 0 Å². The summed E-state index contributed by atoms with van der Waals surface area (Å²) in [4.78, 5) is 24.1. The maximum atomic E-state index is 12.3. The van der Waals surface area contributed by atoms with Gasteiger partial charge < -0.3 is 9.84 Å². The van der Waals surface area contributed by atoms with E-state index in [0.29, 0.717) is 23.5 Å². The fourth-order valence-corrected chi connectivity index (χ4v) is 8.26. The molecule has 4 heteroatoms. The third-order valence-corrected chi connectivity index (χ3v) is 9.43. The van der Waals surface area contributed by atoms with Crippen LogP contribution < -0.4 is 0 Å². The number of ketones is 1. The molecule has 4 aliphatic carbocycles. The molecule has 4 nitrogen and oxygen atoms in total. The molecule has 0 aromatic heterocycles. The largest absolute Gasteiger partial charge is 0.462 e. The van der Waals surface area contributed by atoms with Crippen molar-refractivity contribution in [3.05, 3.63) is 0 Å². The van der Waals surface area contributed by atoms with Crippen molar-refractivity contribution in [1.29, 1.82) is 0 Å². The Bertz CT molecular complexity index is 630. The van der Waals surface area contributed by atoms with Gasteiger partial charge in [-0.05, 0) is 86.9 Å². The van der Waals surface area contributed by atoms with Crippen molar-refractivity contribution in [2.75, 3.05) is 0 Å². The van der Waals surface area contributed by atoms with Crippen molar-refractivity contribution in [2.24, 2.45) is 40.4 Å². The molecule has 0 aromatic rings. The molecular formula is C23H36O4. The van der Waals surface area contributed by atoms with Crippen LogP contribution in [-0.2, 0) is 14.3 Å². The summed E-state index contributed by atoms with van der Waals surface area (Å²) >= 11 is 0. The smallest absolute Gasteiger partial charge is 0.302 e. The number of hydrogen-bond donors (Lipinski definition) is 1. The summed E-state index contributed by atoms with van der Waals surface area (Å²) in [5, 5.41) is 10.3. The van der Waals surface area contributed by atoms with Crippen LogP contribution in [-0.4, -0.2) is 29.1 Å². The van der Waals surface area contributed by atoms with E-state index in [2.05, 4.69) is 13.8 Å². The van der Waals surface area contributed by atoms with E-state index < -0.39 is 0 Å². The number of esters is 1.